The van der Waals surface area contributed by atoms with E-state index in [9.17, 15) is 19.2 Å². The third-order valence-corrected chi connectivity index (χ3v) is 5.15. The molecule has 1 aliphatic heterocycles. The Balaban J connectivity index is 2.08. The van der Waals surface area contributed by atoms with E-state index >= 15 is 0 Å². The van der Waals surface area contributed by atoms with Crippen LogP contribution in [-0.2, 0) is 0 Å². The van der Waals surface area contributed by atoms with Crippen LogP contribution in [0.15, 0.2) is 24.3 Å². The van der Waals surface area contributed by atoms with Crippen LogP contribution in [-0.4, -0.2) is 34.3 Å². The van der Waals surface area contributed by atoms with Crippen LogP contribution in [0.2, 0.25) is 0 Å². The molecule has 0 radical (unpaired) electrons. The topological polar surface area (TPSA) is 71.5 Å². The lowest BCUT2D eigenvalue weighted by molar-refractivity contribution is 0.0529. The summed E-state index contributed by atoms with van der Waals surface area (Å²) >= 11 is 0. The first-order valence-electron chi connectivity index (χ1n) is 8.57. The number of rotatable bonds is 3. The molecule has 5 nitrogen and oxygen atoms in total. The molecule has 2 aromatic rings. The monoisotopic (exact) mass is 345 g/mol. The molecule has 0 fully saturated rings. The maximum Gasteiger partial charge on any atom is 0.261 e. The third-order valence-electron chi connectivity index (χ3n) is 5.15. The molecular weight excluding hydrogens is 330 g/mol. The molecule has 5 heteroatoms. The standard InChI is InChI=1S/C21H15NO4/c1-3-11(4-2)22-20(25)14-7-5-12-16(23)9-10-17(24)13-6-8-15(21(22)26)19(14)18(12)13/h5-8,11H,3-4H2,1-2H3. The highest BCUT2D eigenvalue weighted by atomic mass is 16.2. The van der Waals surface area contributed by atoms with E-state index in [0.717, 1.165) is 0 Å². The van der Waals surface area contributed by atoms with Gasteiger partial charge in [0.2, 0.25) is 11.6 Å². The maximum absolute atomic E-state index is 13.1. The predicted molar refractivity (Wildman–Crippen MR) is 95.3 cm³/mol. The lowest BCUT2D eigenvalue weighted by atomic mass is 9.86. The summed E-state index contributed by atoms with van der Waals surface area (Å²) < 4.78 is 0. The van der Waals surface area contributed by atoms with E-state index in [1.807, 2.05) is 13.8 Å². The normalized spacial score (nSPS) is 15.4. The highest BCUT2D eigenvalue weighted by molar-refractivity contribution is 6.34. The van der Waals surface area contributed by atoms with Gasteiger partial charge in [0, 0.05) is 39.1 Å². The summed E-state index contributed by atoms with van der Waals surface area (Å²) in [6.45, 7) is 3.87. The van der Waals surface area contributed by atoms with Gasteiger partial charge in [0.25, 0.3) is 11.8 Å². The molecule has 2 aliphatic rings. The first kappa shape index (κ1) is 16.2. The fourth-order valence-electron chi connectivity index (χ4n) is 3.82. The summed E-state index contributed by atoms with van der Waals surface area (Å²) in [5, 5.41) is 0.725. The predicted octanol–water partition coefficient (Wildman–Crippen LogP) is 3.01. The summed E-state index contributed by atoms with van der Waals surface area (Å²) in [5.41, 5.74) is 1.20. The lowest BCUT2D eigenvalue weighted by Gasteiger charge is -2.33. The molecule has 1 heterocycles. The molecule has 0 unspecified atom stereocenters. The molecule has 0 saturated carbocycles. The van der Waals surface area contributed by atoms with Crippen LogP contribution in [0.1, 0.15) is 68.1 Å². The first-order valence-corrected chi connectivity index (χ1v) is 8.57. The Bertz CT molecular complexity index is 1020. The Morgan fingerprint density at radius 2 is 1.12 bits per heavy atom. The Labute approximate surface area is 150 Å². The largest absolute Gasteiger partial charge is 0.279 e. The van der Waals surface area contributed by atoms with Crippen LogP contribution >= 0.6 is 0 Å². The van der Waals surface area contributed by atoms with E-state index in [-0.39, 0.29) is 29.0 Å². The molecule has 26 heavy (non-hydrogen) atoms. The van der Waals surface area contributed by atoms with Gasteiger partial charge in [0.15, 0.2) is 0 Å². The van der Waals surface area contributed by atoms with Crippen molar-refractivity contribution in [1.29, 1.82) is 0 Å². The minimum Gasteiger partial charge on any atom is -0.279 e. The van der Waals surface area contributed by atoms with Crippen molar-refractivity contribution < 1.29 is 19.2 Å². The van der Waals surface area contributed by atoms with Crippen LogP contribution in [0.3, 0.4) is 0 Å². The molecule has 128 valence electrons. The lowest BCUT2D eigenvalue weighted by Crippen LogP contribution is -2.46. The number of imide groups is 1. The molecule has 0 atom stereocenters. The van der Waals surface area contributed by atoms with E-state index in [4.69, 9.17) is 0 Å². The average Bonchev–Trinajstić information content (AvgIpc) is 2.77. The second-order valence-electron chi connectivity index (χ2n) is 6.43. The number of hydrogen-bond acceptors (Lipinski definition) is 4. The first-order chi connectivity index (χ1) is 12.5. The number of benzene rings is 2. The third kappa shape index (κ3) is 1.99. The van der Waals surface area contributed by atoms with Gasteiger partial charge in [-0.05, 0) is 48.9 Å². The minimum absolute atomic E-state index is 0.195. The van der Waals surface area contributed by atoms with Crippen LogP contribution in [0.4, 0.5) is 0 Å². The van der Waals surface area contributed by atoms with Gasteiger partial charge in [-0.3, -0.25) is 24.1 Å². The Kier molecular flexibility index (Phi) is 3.52. The van der Waals surface area contributed by atoms with Gasteiger partial charge >= 0.3 is 0 Å². The SMILES string of the molecule is CCC(CC)N1C(=O)c2ccc3c4c(ccc(c24)C1=O)C(=O)C#CC3=O. The number of ketones is 2. The molecule has 0 bridgehead atoms. The second-order valence-corrected chi connectivity index (χ2v) is 6.43. The summed E-state index contributed by atoms with van der Waals surface area (Å²) in [7, 11) is 0. The van der Waals surface area contributed by atoms with Crippen molar-refractivity contribution in [3.63, 3.8) is 0 Å². The molecule has 1 aliphatic carbocycles. The van der Waals surface area contributed by atoms with E-state index in [2.05, 4.69) is 11.8 Å². The Hall–Kier alpha value is -3.26. The summed E-state index contributed by atoms with van der Waals surface area (Å²) in [6, 6.07) is 5.98. The smallest absolute Gasteiger partial charge is 0.261 e. The van der Waals surface area contributed by atoms with Crippen molar-refractivity contribution in [3.8, 4) is 11.8 Å². The number of hydrogen-bond donors (Lipinski definition) is 0. The minimum atomic E-state index is -0.483. The number of nitrogens with zero attached hydrogens (tertiary/aromatic N) is 1. The van der Waals surface area contributed by atoms with Gasteiger partial charge in [-0.15, -0.1) is 0 Å². The van der Waals surface area contributed by atoms with Crippen LogP contribution in [0, 0.1) is 11.8 Å². The van der Waals surface area contributed by atoms with Gasteiger partial charge in [-0.1, -0.05) is 13.8 Å². The van der Waals surface area contributed by atoms with Gasteiger partial charge < -0.3 is 0 Å². The number of carbonyl (C=O) groups excluding carboxylic acids is 4. The van der Waals surface area contributed by atoms with Crippen LogP contribution in [0.25, 0.3) is 10.8 Å². The van der Waals surface area contributed by atoms with Crippen LogP contribution < -0.4 is 0 Å². The van der Waals surface area contributed by atoms with Gasteiger partial charge in [0.05, 0.1) is 0 Å². The quantitative estimate of drug-likeness (QED) is 0.487. The molecule has 0 saturated heterocycles. The van der Waals surface area contributed by atoms with Gasteiger partial charge in [-0.25, -0.2) is 0 Å². The van der Waals surface area contributed by atoms with Crippen molar-refractivity contribution in [2.24, 2.45) is 0 Å². The second kappa shape index (κ2) is 5.63. The molecule has 2 amide bonds. The van der Waals surface area contributed by atoms with E-state index in [1.165, 1.54) is 17.0 Å². The van der Waals surface area contributed by atoms with E-state index in [1.54, 1.807) is 12.1 Å². The Morgan fingerprint density at radius 3 is 1.54 bits per heavy atom. The number of Topliss-reactive ketones (excluding diaryl/α,β-unsaturated/α-hetero) is 2. The maximum atomic E-state index is 13.1. The van der Waals surface area contributed by atoms with Crippen molar-refractivity contribution in [1.82, 2.24) is 4.90 Å². The Morgan fingerprint density at radius 1 is 0.731 bits per heavy atom. The molecule has 4 rings (SSSR count). The van der Waals surface area contributed by atoms with Crippen molar-refractivity contribution in [2.75, 3.05) is 0 Å². The van der Waals surface area contributed by atoms with E-state index in [0.29, 0.717) is 34.7 Å². The zero-order valence-electron chi connectivity index (χ0n) is 14.4. The van der Waals surface area contributed by atoms with Crippen molar-refractivity contribution in [3.05, 3.63) is 46.5 Å². The van der Waals surface area contributed by atoms with Crippen molar-refractivity contribution in [2.45, 2.75) is 32.7 Å². The highest BCUT2D eigenvalue weighted by Crippen LogP contribution is 2.36. The number of carbonyl (C=O) groups is 4. The summed E-state index contributed by atoms with van der Waals surface area (Å²) in [5.74, 6) is 2.92. The van der Waals surface area contributed by atoms with E-state index < -0.39 is 11.6 Å². The summed E-state index contributed by atoms with van der Waals surface area (Å²) in [4.78, 5) is 52.0. The molecule has 0 N–H and O–H groups in total. The van der Waals surface area contributed by atoms with Gasteiger partial charge in [0.1, 0.15) is 0 Å². The fourth-order valence-corrected chi connectivity index (χ4v) is 3.82. The fraction of sp³-hybridized carbons (Fsp3) is 0.238. The van der Waals surface area contributed by atoms with Gasteiger partial charge in [-0.2, -0.15) is 0 Å². The molecule has 0 spiro atoms. The number of amides is 2. The molecular formula is C21H15NO4. The molecule has 2 aromatic carbocycles. The average molecular weight is 345 g/mol. The van der Waals surface area contributed by atoms with Crippen molar-refractivity contribution >= 4 is 34.2 Å². The molecule has 0 aromatic heterocycles. The highest BCUT2D eigenvalue weighted by Gasteiger charge is 2.38. The zero-order valence-corrected chi connectivity index (χ0v) is 14.4. The summed E-state index contributed by atoms with van der Waals surface area (Å²) in [6.07, 6.45) is 1.32. The van der Waals surface area contributed by atoms with Crippen LogP contribution in [0.5, 0.6) is 0 Å². The zero-order chi connectivity index (χ0) is 18.6.